The summed E-state index contributed by atoms with van der Waals surface area (Å²) in [5.41, 5.74) is 0. The van der Waals surface area contributed by atoms with Gasteiger partial charge in [-0.25, -0.2) is 0 Å². The quantitative estimate of drug-likeness (QED) is 0.213. The molecule has 0 aliphatic rings. The van der Waals surface area contributed by atoms with Crippen molar-refractivity contribution in [2.75, 3.05) is 20.0 Å². The number of alkyl halides is 1. The number of aliphatic hydroxyl groups is 2. The van der Waals surface area contributed by atoms with Crippen molar-refractivity contribution in [1.82, 2.24) is 0 Å². The average molecular weight is 404 g/mol. The van der Waals surface area contributed by atoms with Crippen molar-refractivity contribution in [3.8, 4) is 0 Å². The normalized spacial score (nSPS) is 12.4. The number of unbranched alkanes of at least 4 members (excludes halogenated alkanes) is 3. The summed E-state index contributed by atoms with van der Waals surface area (Å²) in [6, 6.07) is 0. The maximum Gasteiger partial charge on any atom is 0.285 e. The topological polar surface area (TPSA) is 58.9 Å². The zero-order chi connectivity index (χ0) is 14.5. The van der Waals surface area contributed by atoms with Gasteiger partial charge in [0.15, 0.2) is 0 Å². The van der Waals surface area contributed by atoms with Gasteiger partial charge in [0, 0.05) is 13.2 Å². The number of rotatable bonds is 12. The van der Waals surface area contributed by atoms with E-state index in [0.29, 0.717) is 17.9 Å². The van der Waals surface area contributed by atoms with Crippen LogP contribution in [-0.4, -0.2) is 35.0 Å². The van der Waals surface area contributed by atoms with Gasteiger partial charge < -0.3 is 19.7 Å². The van der Waals surface area contributed by atoms with Gasteiger partial charge in [-0.2, -0.15) is 0 Å². The molecule has 0 aromatic heterocycles. The highest BCUT2D eigenvalue weighted by atomic mass is 79.9. The number of ether oxygens (including phenoxy) is 2. The van der Waals surface area contributed by atoms with E-state index >= 15 is 0 Å². The van der Waals surface area contributed by atoms with Crippen molar-refractivity contribution in [1.29, 1.82) is 0 Å². The molecule has 4 nitrogen and oxygen atoms in total. The fourth-order valence-corrected chi connectivity index (χ4v) is 2.15. The van der Waals surface area contributed by atoms with Crippen LogP contribution >= 0.6 is 31.9 Å². The third kappa shape index (κ3) is 11.7. The van der Waals surface area contributed by atoms with Crippen LogP contribution in [-0.2, 0) is 9.47 Å². The minimum atomic E-state index is -0.658. The Balaban J connectivity index is 3.30. The van der Waals surface area contributed by atoms with Crippen LogP contribution < -0.4 is 0 Å². The molecule has 0 bridgehead atoms. The SMILES string of the molecule is CCCCOCOCCCCCC(Br)C(Br)=C(O)O. The summed E-state index contributed by atoms with van der Waals surface area (Å²) < 4.78 is 11.0. The first kappa shape index (κ1) is 19.2. The van der Waals surface area contributed by atoms with E-state index in [1.807, 2.05) is 0 Å². The molecule has 0 aromatic rings. The van der Waals surface area contributed by atoms with Gasteiger partial charge >= 0.3 is 0 Å². The third-order valence-electron chi connectivity index (χ3n) is 2.54. The van der Waals surface area contributed by atoms with E-state index in [1.165, 1.54) is 0 Å². The van der Waals surface area contributed by atoms with Crippen LogP contribution in [0.5, 0.6) is 0 Å². The zero-order valence-corrected chi connectivity index (χ0v) is 14.6. The molecule has 1 unspecified atom stereocenters. The van der Waals surface area contributed by atoms with Crippen molar-refractivity contribution in [3.63, 3.8) is 0 Å². The van der Waals surface area contributed by atoms with Gasteiger partial charge in [-0.3, -0.25) is 0 Å². The molecule has 1 atom stereocenters. The Labute approximate surface area is 132 Å². The Kier molecular flexibility index (Phi) is 13.4. The van der Waals surface area contributed by atoms with Crippen molar-refractivity contribution in [3.05, 3.63) is 10.4 Å². The second kappa shape index (κ2) is 13.2. The van der Waals surface area contributed by atoms with Crippen LogP contribution in [0.4, 0.5) is 0 Å². The van der Waals surface area contributed by atoms with Gasteiger partial charge in [0.1, 0.15) is 6.79 Å². The molecule has 0 amide bonds. The van der Waals surface area contributed by atoms with Crippen LogP contribution in [0.1, 0.15) is 45.4 Å². The monoisotopic (exact) mass is 402 g/mol. The lowest BCUT2D eigenvalue weighted by molar-refractivity contribution is -0.0553. The third-order valence-corrected chi connectivity index (χ3v) is 4.98. The van der Waals surface area contributed by atoms with Crippen molar-refractivity contribution < 1.29 is 19.7 Å². The van der Waals surface area contributed by atoms with Gasteiger partial charge in [0.2, 0.25) is 0 Å². The van der Waals surface area contributed by atoms with Crippen molar-refractivity contribution in [2.24, 2.45) is 0 Å². The van der Waals surface area contributed by atoms with Gasteiger partial charge in [-0.05, 0) is 35.2 Å². The molecule has 0 spiro atoms. The number of hydrogen-bond donors (Lipinski definition) is 2. The fourth-order valence-electron chi connectivity index (χ4n) is 1.39. The van der Waals surface area contributed by atoms with Crippen LogP contribution in [0.15, 0.2) is 10.4 Å². The Hall–Kier alpha value is 0.220. The smallest absolute Gasteiger partial charge is 0.285 e. The van der Waals surface area contributed by atoms with Crippen molar-refractivity contribution in [2.45, 2.75) is 50.3 Å². The highest BCUT2D eigenvalue weighted by Gasteiger charge is 2.12. The maximum atomic E-state index is 8.88. The average Bonchev–Trinajstić information content (AvgIpc) is 2.39. The molecule has 0 aliphatic heterocycles. The molecule has 0 aromatic carbocycles. The first-order valence-corrected chi connectivity index (χ1v) is 8.37. The summed E-state index contributed by atoms with van der Waals surface area (Å²) in [7, 11) is 0. The second-order valence-corrected chi connectivity index (χ2v) is 6.24. The van der Waals surface area contributed by atoms with E-state index in [0.717, 1.165) is 45.1 Å². The molecule has 19 heavy (non-hydrogen) atoms. The van der Waals surface area contributed by atoms with Crippen LogP contribution in [0, 0.1) is 0 Å². The Morgan fingerprint density at radius 1 is 1.05 bits per heavy atom. The molecule has 6 heteroatoms. The maximum absolute atomic E-state index is 8.88. The van der Waals surface area contributed by atoms with Gasteiger partial charge in [-0.15, -0.1) is 0 Å². The Bertz CT molecular complexity index is 243. The van der Waals surface area contributed by atoms with E-state index in [4.69, 9.17) is 19.7 Å². The molecule has 0 radical (unpaired) electrons. The second-order valence-electron chi connectivity index (χ2n) is 4.28. The summed E-state index contributed by atoms with van der Waals surface area (Å²) in [6.07, 6.45) is 6.10. The summed E-state index contributed by atoms with van der Waals surface area (Å²) in [6.45, 7) is 3.99. The molecule has 0 saturated heterocycles. The minimum absolute atomic E-state index is 0.0456. The molecule has 2 N–H and O–H groups in total. The highest BCUT2D eigenvalue weighted by molar-refractivity contribution is 9.14. The van der Waals surface area contributed by atoms with Gasteiger partial charge in [0.25, 0.3) is 5.95 Å². The van der Waals surface area contributed by atoms with Crippen molar-refractivity contribution >= 4 is 31.9 Å². The molecule has 0 rings (SSSR count). The lowest BCUT2D eigenvalue weighted by Crippen LogP contribution is -2.04. The predicted octanol–water partition coefficient (Wildman–Crippen LogP) is 4.78. The van der Waals surface area contributed by atoms with Crippen LogP contribution in [0.3, 0.4) is 0 Å². The fraction of sp³-hybridized carbons (Fsp3) is 0.846. The first-order valence-electron chi connectivity index (χ1n) is 6.66. The lowest BCUT2D eigenvalue weighted by Gasteiger charge is -2.09. The van der Waals surface area contributed by atoms with E-state index in [1.54, 1.807) is 0 Å². The number of aliphatic hydroxyl groups excluding tert-OH is 1. The number of hydrogen-bond acceptors (Lipinski definition) is 4. The Morgan fingerprint density at radius 2 is 1.68 bits per heavy atom. The number of halogens is 2. The predicted molar refractivity (Wildman–Crippen MR) is 84.1 cm³/mol. The standard InChI is InChI=1S/C13H24Br2O4/c1-2-3-8-18-10-19-9-6-4-5-7-11(14)12(15)13(16)17/h11,16-17H,2-10H2,1H3. The van der Waals surface area contributed by atoms with Crippen LogP contribution in [0.25, 0.3) is 0 Å². The number of allylic oxidation sites excluding steroid dienone is 1. The van der Waals surface area contributed by atoms with Gasteiger partial charge in [-0.1, -0.05) is 42.1 Å². The summed E-state index contributed by atoms with van der Waals surface area (Å²) in [4.78, 5) is -0.0456. The van der Waals surface area contributed by atoms with E-state index < -0.39 is 5.95 Å². The molecule has 0 aliphatic carbocycles. The Morgan fingerprint density at radius 3 is 2.26 bits per heavy atom. The van der Waals surface area contributed by atoms with E-state index in [-0.39, 0.29) is 4.83 Å². The van der Waals surface area contributed by atoms with Gasteiger partial charge in [0.05, 0.1) is 9.31 Å². The summed E-state index contributed by atoms with van der Waals surface area (Å²) in [5, 5.41) is 17.8. The molecular formula is C13H24Br2O4. The van der Waals surface area contributed by atoms with E-state index in [2.05, 4.69) is 38.8 Å². The zero-order valence-electron chi connectivity index (χ0n) is 11.4. The van der Waals surface area contributed by atoms with Crippen LogP contribution in [0.2, 0.25) is 0 Å². The van der Waals surface area contributed by atoms with E-state index in [9.17, 15) is 0 Å². The largest absolute Gasteiger partial charge is 0.480 e. The molecule has 0 fully saturated rings. The molecule has 114 valence electrons. The molecule has 0 saturated carbocycles. The first-order chi connectivity index (χ1) is 9.09. The summed E-state index contributed by atoms with van der Waals surface area (Å²) >= 11 is 6.51. The summed E-state index contributed by atoms with van der Waals surface area (Å²) in [5.74, 6) is -0.658. The minimum Gasteiger partial charge on any atom is -0.480 e. The highest BCUT2D eigenvalue weighted by Crippen LogP contribution is 2.25. The molecule has 0 heterocycles. The lowest BCUT2D eigenvalue weighted by atomic mass is 10.1. The molecular weight excluding hydrogens is 380 g/mol.